The molecule has 0 aliphatic carbocycles. The Labute approximate surface area is 108 Å². The van der Waals surface area contributed by atoms with Gasteiger partial charge in [0.15, 0.2) is 0 Å². The van der Waals surface area contributed by atoms with E-state index in [4.69, 9.17) is 9.31 Å². The molecule has 0 aromatic carbocycles. The highest BCUT2D eigenvalue weighted by molar-refractivity contribution is 6.62. The van der Waals surface area contributed by atoms with Crippen molar-refractivity contribution in [3.8, 4) is 0 Å². The predicted molar refractivity (Wildman–Crippen MR) is 70.6 cm³/mol. The van der Waals surface area contributed by atoms with Crippen LogP contribution >= 0.6 is 0 Å². The first-order chi connectivity index (χ1) is 8.23. The van der Waals surface area contributed by atoms with Gasteiger partial charge in [0.05, 0.1) is 23.0 Å². The molecule has 2 rings (SSSR count). The van der Waals surface area contributed by atoms with Crippen LogP contribution in [0.4, 0.5) is 0 Å². The zero-order valence-corrected chi connectivity index (χ0v) is 11.6. The van der Waals surface area contributed by atoms with Gasteiger partial charge in [-0.3, -0.25) is 4.98 Å². The first-order valence-corrected chi connectivity index (χ1v) is 6.22. The molecule has 98 valence electrons. The summed E-state index contributed by atoms with van der Waals surface area (Å²) in [5.41, 5.74) is 0.828. The van der Waals surface area contributed by atoms with Crippen LogP contribution in [0.2, 0.25) is 0 Å². The van der Waals surface area contributed by atoms with Crippen molar-refractivity contribution >= 4 is 12.6 Å². The molecule has 0 spiro atoms. The van der Waals surface area contributed by atoms with Crippen LogP contribution in [0, 0.1) is 0 Å². The van der Waals surface area contributed by atoms with Gasteiger partial charge in [-0.2, -0.15) is 0 Å². The molecule has 0 radical (unpaired) electrons. The van der Waals surface area contributed by atoms with Gasteiger partial charge < -0.3 is 14.4 Å². The van der Waals surface area contributed by atoms with E-state index < -0.39 is 13.2 Å². The van der Waals surface area contributed by atoms with E-state index >= 15 is 0 Å². The number of aromatic nitrogens is 1. The van der Waals surface area contributed by atoms with Crippen molar-refractivity contribution in [2.75, 3.05) is 0 Å². The van der Waals surface area contributed by atoms with Crippen LogP contribution in [-0.4, -0.2) is 28.4 Å². The number of nitrogens with zero attached hydrogens (tertiary/aromatic N) is 1. The Bertz CT molecular complexity index is 412. The van der Waals surface area contributed by atoms with Crippen molar-refractivity contribution in [1.82, 2.24) is 4.98 Å². The van der Waals surface area contributed by atoms with Crippen molar-refractivity contribution in [1.29, 1.82) is 0 Å². The van der Waals surface area contributed by atoms with Gasteiger partial charge in [0.25, 0.3) is 0 Å². The van der Waals surface area contributed by atoms with E-state index in [0.717, 1.165) is 5.46 Å². The Morgan fingerprint density at radius 3 is 2.11 bits per heavy atom. The van der Waals surface area contributed by atoms with Crippen LogP contribution in [-0.2, 0) is 9.31 Å². The fourth-order valence-corrected chi connectivity index (χ4v) is 1.78. The predicted octanol–water partition coefficient (Wildman–Crippen LogP) is 1.43. The number of rotatable bonds is 2. The largest absolute Gasteiger partial charge is 0.496 e. The van der Waals surface area contributed by atoms with Gasteiger partial charge in [-0.25, -0.2) is 0 Å². The molecule has 1 aliphatic rings. The molecule has 1 fully saturated rings. The lowest BCUT2D eigenvalue weighted by Crippen LogP contribution is -2.41. The number of hydrogen-bond donors (Lipinski definition) is 1. The van der Waals surface area contributed by atoms with E-state index in [1.54, 1.807) is 19.2 Å². The van der Waals surface area contributed by atoms with Gasteiger partial charge in [-0.05, 0) is 40.7 Å². The quantitative estimate of drug-likeness (QED) is 0.805. The minimum absolute atomic E-state index is 0.347. The molecular weight excluding hydrogens is 229 g/mol. The fraction of sp³-hybridized carbons (Fsp3) is 0.615. The third-order valence-corrected chi connectivity index (χ3v) is 3.76. The smallest absolute Gasteiger partial charge is 0.399 e. The Balaban J connectivity index is 2.19. The van der Waals surface area contributed by atoms with Gasteiger partial charge in [-0.1, -0.05) is 6.07 Å². The maximum Gasteiger partial charge on any atom is 0.496 e. The summed E-state index contributed by atoms with van der Waals surface area (Å²) in [7, 11) is -0.398. The zero-order valence-electron chi connectivity index (χ0n) is 11.6. The number of aliphatic hydroxyl groups is 1. The molecule has 0 bridgehead atoms. The summed E-state index contributed by atoms with van der Waals surface area (Å²) in [6.45, 7) is 9.77. The monoisotopic (exact) mass is 249 g/mol. The molecule has 1 aromatic rings. The molecule has 0 amide bonds. The highest BCUT2D eigenvalue weighted by atomic mass is 16.7. The van der Waals surface area contributed by atoms with Crippen LogP contribution < -0.4 is 5.46 Å². The highest BCUT2D eigenvalue weighted by Gasteiger charge is 2.51. The lowest BCUT2D eigenvalue weighted by atomic mass is 9.80. The summed E-state index contributed by atoms with van der Waals surface area (Å²) in [4.78, 5) is 4.21. The fourth-order valence-electron chi connectivity index (χ4n) is 1.78. The molecule has 0 unspecified atom stereocenters. The van der Waals surface area contributed by atoms with E-state index in [1.165, 1.54) is 0 Å². The molecule has 1 aromatic heterocycles. The first-order valence-electron chi connectivity index (χ1n) is 6.22. The van der Waals surface area contributed by atoms with Crippen LogP contribution in [0.3, 0.4) is 0 Å². The molecule has 4 nitrogen and oxygen atoms in total. The van der Waals surface area contributed by atoms with Crippen molar-refractivity contribution < 1.29 is 14.4 Å². The van der Waals surface area contributed by atoms with Gasteiger partial charge >= 0.3 is 7.12 Å². The standard InChI is InChI=1S/C13H20BNO3/c1-9(16)11-7-6-10(8-15-11)14-17-12(2,3)13(4,5)18-14/h6-9,16H,1-5H3/t9-/m0/s1. The lowest BCUT2D eigenvalue weighted by Gasteiger charge is -2.32. The molecule has 0 saturated carbocycles. The second-order valence-electron chi connectivity index (χ2n) is 5.78. The molecule has 2 heterocycles. The third-order valence-electron chi connectivity index (χ3n) is 3.76. The van der Waals surface area contributed by atoms with Crippen LogP contribution in [0.25, 0.3) is 0 Å². The maximum absolute atomic E-state index is 9.42. The van der Waals surface area contributed by atoms with Crippen molar-refractivity contribution in [2.45, 2.75) is 51.9 Å². The van der Waals surface area contributed by atoms with Crippen LogP contribution in [0.5, 0.6) is 0 Å². The van der Waals surface area contributed by atoms with Gasteiger partial charge in [0.1, 0.15) is 0 Å². The lowest BCUT2D eigenvalue weighted by molar-refractivity contribution is 0.00578. The Morgan fingerprint density at radius 1 is 1.17 bits per heavy atom. The second kappa shape index (κ2) is 4.33. The summed E-state index contributed by atoms with van der Waals surface area (Å²) in [5, 5.41) is 9.42. The van der Waals surface area contributed by atoms with E-state index in [9.17, 15) is 5.11 Å². The van der Waals surface area contributed by atoms with Gasteiger partial charge in [-0.15, -0.1) is 0 Å². The number of pyridine rings is 1. The number of aliphatic hydroxyl groups excluding tert-OH is 1. The first kappa shape index (κ1) is 13.5. The van der Waals surface area contributed by atoms with Crippen molar-refractivity contribution in [3.05, 3.63) is 24.0 Å². The summed E-state index contributed by atoms with van der Waals surface area (Å²) in [6.07, 6.45) is 1.14. The molecular formula is C13H20BNO3. The minimum Gasteiger partial charge on any atom is -0.399 e. The van der Waals surface area contributed by atoms with Crippen molar-refractivity contribution in [2.24, 2.45) is 0 Å². The molecule has 1 aliphatic heterocycles. The highest BCUT2D eigenvalue weighted by Crippen LogP contribution is 2.36. The summed E-state index contributed by atoms with van der Waals surface area (Å²) in [5.74, 6) is 0. The SMILES string of the molecule is C[C@H](O)c1ccc(B2OC(C)(C)C(C)(C)O2)cn1. The molecule has 5 heteroatoms. The average Bonchev–Trinajstić information content (AvgIpc) is 2.48. The third kappa shape index (κ3) is 2.30. The van der Waals surface area contributed by atoms with E-state index in [2.05, 4.69) is 4.98 Å². The minimum atomic E-state index is -0.558. The second-order valence-corrected chi connectivity index (χ2v) is 5.78. The van der Waals surface area contributed by atoms with Gasteiger partial charge in [0.2, 0.25) is 0 Å². The Morgan fingerprint density at radius 2 is 1.72 bits per heavy atom. The molecule has 18 heavy (non-hydrogen) atoms. The van der Waals surface area contributed by atoms with E-state index in [1.807, 2.05) is 33.8 Å². The normalized spacial score (nSPS) is 23.1. The topological polar surface area (TPSA) is 51.6 Å². The zero-order chi connectivity index (χ0) is 13.6. The number of hydrogen-bond acceptors (Lipinski definition) is 4. The Hall–Kier alpha value is -0.905. The summed E-state index contributed by atoms with van der Waals surface area (Å²) >= 11 is 0. The maximum atomic E-state index is 9.42. The van der Waals surface area contributed by atoms with Crippen molar-refractivity contribution in [3.63, 3.8) is 0 Å². The molecule has 1 saturated heterocycles. The van der Waals surface area contributed by atoms with Crippen LogP contribution in [0.15, 0.2) is 18.3 Å². The molecule has 1 N–H and O–H groups in total. The summed E-state index contributed by atoms with van der Waals surface area (Å²) < 4.78 is 11.9. The van der Waals surface area contributed by atoms with E-state index in [-0.39, 0.29) is 11.2 Å². The van der Waals surface area contributed by atoms with Crippen LogP contribution in [0.1, 0.15) is 46.4 Å². The van der Waals surface area contributed by atoms with E-state index in [0.29, 0.717) is 5.69 Å². The average molecular weight is 249 g/mol. The summed E-state index contributed by atoms with van der Waals surface area (Å²) in [6, 6.07) is 3.68. The Kier molecular flexibility index (Phi) is 3.26. The van der Waals surface area contributed by atoms with Gasteiger partial charge in [0, 0.05) is 11.7 Å². The molecule has 1 atom stereocenters.